The van der Waals surface area contributed by atoms with Crippen LogP contribution in [0.25, 0.3) is 16.7 Å². The first kappa shape index (κ1) is 18.8. The fourth-order valence-corrected chi connectivity index (χ4v) is 4.19. The summed E-state index contributed by atoms with van der Waals surface area (Å²) in [4.78, 5) is 4.73. The van der Waals surface area contributed by atoms with E-state index >= 15 is 0 Å². The van der Waals surface area contributed by atoms with Crippen LogP contribution >= 0.6 is 15.9 Å². The number of hydrogen-bond acceptors (Lipinski definition) is 3. The Morgan fingerprint density at radius 3 is 2.63 bits per heavy atom. The lowest BCUT2D eigenvalue weighted by Crippen LogP contribution is -2.20. The molecule has 1 N–H and O–H groups in total. The Labute approximate surface area is 179 Å². The molecule has 1 aromatic heterocycles. The second kappa shape index (κ2) is 7.57. The lowest BCUT2D eigenvalue weighted by molar-refractivity contribution is -0.0505. The second-order valence-corrected chi connectivity index (χ2v) is 7.79. The molecule has 2 heterocycles. The van der Waals surface area contributed by atoms with Gasteiger partial charge in [0.15, 0.2) is 0 Å². The Morgan fingerprint density at radius 1 is 1.00 bits per heavy atom. The minimum atomic E-state index is -2.90. The number of allylic oxidation sites excluding steroid dienone is 1. The van der Waals surface area contributed by atoms with Crippen LogP contribution in [0, 0.1) is 0 Å². The van der Waals surface area contributed by atoms with Gasteiger partial charge in [0.05, 0.1) is 17.1 Å². The molecule has 3 aromatic carbocycles. The lowest BCUT2D eigenvalue weighted by atomic mass is 10.00. The first-order valence-corrected chi connectivity index (χ1v) is 10.1. The average Bonchev–Trinajstić information content (AvgIpc) is 3.12. The Bertz CT molecular complexity index is 1270. The molecule has 0 aliphatic carbocycles. The highest BCUT2D eigenvalue weighted by molar-refractivity contribution is 9.10. The number of nitrogens with one attached hydrogen (secondary N) is 1. The fourth-order valence-electron chi connectivity index (χ4n) is 3.79. The first-order valence-electron chi connectivity index (χ1n) is 9.35. The molecule has 0 saturated heterocycles. The molecule has 1 aliphatic rings. The molecule has 7 heteroatoms. The van der Waals surface area contributed by atoms with Crippen molar-refractivity contribution in [2.75, 3.05) is 5.32 Å². The Hall–Kier alpha value is -3.19. The zero-order chi connectivity index (χ0) is 20.7. The third-order valence-electron chi connectivity index (χ3n) is 5.03. The van der Waals surface area contributed by atoms with E-state index in [2.05, 4.69) is 21.2 Å². The molecule has 0 amide bonds. The van der Waals surface area contributed by atoms with Gasteiger partial charge in [0.1, 0.15) is 5.75 Å². The summed E-state index contributed by atoms with van der Waals surface area (Å²) >= 11 is 3.51. The summed E-state index contributed by atoms with van der Waals surface area (Å²) < 4.78 is 33.9. The molecule has 5 rings (SSSR count). The molecule has 1 aliphatic heterocycles. The van der Waals surface area contributed by atoms with Crippen LogP contribution in [0.1, 0.15) is 17.2 Å². The summed E-state index contributed by atoms with van der Waals surface area (Å²) in [7, 11) is 0. The topological polar surface area (TPSA) is 39.1 Å². The van der Waals surface area contributed by atoms with E-state index in [4.69, 9.17) is 9.72 Å². The van der Waals surface area contributed by atoms with Crippen LogP contribution in [0.5, 0.6) is 5.75 Å². The summed E-state index contributed by atoms with van der Waals surface area (Å²) in [6, 6.07) is 22.1. The number of alkyl halides is 2. The van der Waals surface area contributed by atoms with Gasteiger partial charge in [-0.05, 0) is 42.0 Å². The van der Waals surface area contributed by atoms with Gasteiger partial charge in [-0.1, -0.05) is 58.4 Å². The molecule has 30 heavy (non-hydrogen) atoms. The van der Waals surface area contributed by atoms with Crippen molar-refractivity contribution in [3.05, 3.63) is 94.5 Å². The van der Waals surface area contributed by atoms with Crippen LogP contribution < -0.4 is 10.1 Å². The smallest absolute Gasteiger partial charge is 0.387 e. The Balaban J connectivity index is 1.73. The number of halogens is 3. The number of ether oxygens (including phenoxy) is 1. The molecule has 1 atom stereocenters. The van der Waals surface area contributed by atoms with Gasteiger partial charge in [-0.15, -0.1) is 0 Å². The first-order chi connectivity index (χ1) is 14.6. The van der Waals surface area contributed by atoms with Crippen LogP contribution in [-0.2, 0) is 0 Å². The summed E-state index contributed by atoms with van der Waals surface area (Å²) in [5, 5.41) is 3.39. The van der Waals surface area contributed by atoms with Crippen molar-refractivity contribution in [3.8, 4) is 5.75 Å². The highest BCUT2D eigenvalue weighted by Crippen LogP contribution is 2.40. The fraction of sp³-hybridized carbons (Fsp3) is 0.0870. The number of anilines is 1. The maximum atomic E-state index is 13.1. The molecular formula is C23H16BrF2N3O. The van der Waals surface area contributed by atoms with E-state index in [-0.39, 0.29) is 11.8 Å². The standard InChI is InChI=1S/C23H16BrF2N3O/c24-15-7-5-6-14(12-15)18-13-20(16-8-1-4-11-21(16)30-22(25)26)29-19-10-3-2-9-17(19)27-23(29)28-18/h1-13,20,22H,(H,27,28)/t20-/m1/s1. The third-order valence-corrected chi connectivity index (χ3v) is 5.53. The quantitative estimate of drug-likeness (QED) is 0.374. The zero-order valence-electron chi connectivity index (χ0n) is 15.6. The van der Waals surface area contributed by atoms with Crippen LogP contribution in [0.4, 0.5) is 14.7 Å². The number of rotatable bonds is 4. The molecule has 0 bridgehead atoms. The van der Waals surface area contributed by atoms with Crippen LogP contribution in [0.3, 0.4) is 0 Å². The number of fused-ring (bicyclic) bond motifs is 3. The van der Waals surface area contributed by atoms with E-state index in [1.807, 2.05) is 65.2 Å². The van der Waals surface area contributed by atoms with Gasteiger partial charge in [-0.3, -0.25) is 4.57 Å². The number of para-hydroxylation sites is 3. The van der Waals surface area contributed by atoms with Gasteiger partial charge in [0, 0.05) is 15.7 Å². The second-order valence-electron chi connectivity index (χ2n) is 6.87. The van der Waals surface area contributed by atoms with E-state index in [9.17, 15) is 8.78 Å². The van der Waals surface area contributed by atoms with Gasteiger partial charge >= 0.3 is 6.61 Å². The third kappa shape index (κ3) is 3.35. The lowest BCUT2D eigenvalue weighted by Gasteiger charge is -2.27. The van der Waals surface area contributed by atoms with Gasteiger partial charge in [-0.25, -0.2) is 4.98 Å². The summed E-state index contributed by atoms with van der Waals surface area (Å²) in [6.07, 6.45) is 2.01. The van der Waals surface area contributed by atoms with Crippen LogP contribution in [0.15, 0.2) is 83.3 Å². The normalized spacial score (nSPS) is 15.6. The molecular weight excluding hydrogens is 452 g/mol. The van der Waals surface area contributed by atoms with Crippen molar-refractivity contribution < 1.29 is 13.5 Å². The number of nitrogens with zero attached hydrogens (tertiary/aromatic N) is 2. The van der Waals surface area contributed by atoms with Crippen LogP contribution in [-0.4, -0.2) is 16.2 Å². The van der Waals surface area contributed by atoms with Gasteiger partial charge < -0.3 is 10.1 Å². The molecule has 0 saturated carbocycles. The number of hydrogen-bond donors (Lipinski definition) is 1. The van der Waals surface area contributed by atoms with Crippen molar-refractivity contribution in [3.63, 3.8) is 0 Å². The highest BCUT2D eigenvalue weighted by Gasteiger charge is 2.27. The number of benzene rings is 3. The summed E-state index contributed by atoms with van der Waals surface area (Å²) in [5.74, 6) is 0.790. The molecule has 0 fully saturated rings. The summed E-state index contributed by atoms with van der Waals surface area (Å²) in [6.45, 7) is -2.90. The van der Waals surface area contributed by atoms with Crippen molar-refractivity contribution in [1.82, 2.24) is 9.55 Å². The Morgan fingerprint density at radius 2 is 1.80 bits per heavy atom. The predicted molar refractivity (Wildman–Crippen MR) is 117 cm³/mol. The van der Waals surface area contributed by atoms with Gasteiger partial charge in [0.25, 0.3) is 0 Å². The van der Waals surface area contributed by atoms with Crippen molar-refractivity contribution in [2.45, 2.75) is 12.7 Å². The molecule has 0 spiro atoms. The van der Waals surface area contributed by atoms with Crippen molar-refractivity contribution >= 4 is 38.6 Å². The van der Waals surface area contributed by atoms with Crippen molar-refractivity contribution in [2.24, 2.45) is 0 Å². The van der Waals surface area contributed by atoms with E-state index in [0.29, 0.717) is 11.5 Å². The largest absolute Gasteiger partial charge is 0.434 e. The molecule has 150 valence electrons. The van der Waals surface area contributed by atoms with Gasteiger partial charge in [0.2, 0.25) is 5.95 Å². The minimum Gasteiger partial charge on any atom is -0.434 e. The molecule has 4 nitrogen and oxygen atoms in total. The van der Waals surface area contributed by atoms with Crippen molar-refractivity contribution in [1.29, 1.82) is 0 Å². The number of aromatic nitrogens is 2. The average molecular weight is 468 g/mol. The van der Waals surface area contributed by atoms with E-state index in [1.54, 1.807) is 18.2 Å². The highest BCUT2D eigenvalue weighted by atomic mass is 79.9. The Kier molecular flexibility index (Phi) is 4.75. The van der Waals surface area contributed by atoms with E-state index in [0.717, 1.165) is 26.8 Å². The number of imidazole rings is 1. The minimum absolute atomic E-state index is 0.146. The predicted octanol–water partition coefficient (Wildman–Crippen LogP) is 6.46. The molecule has 0 unspecified atom stereocenters. The molecule has 0 radical (unpaired) electrons. The maximum Gasteiger partial charge on any atom is 0.387 e. The maximum absolute atomic E-state index is 13.1. The van der Waals surface area contributed by atoms with Gasteiger partial charge in [-0.2, -0.15) is 8.78 Å². The van der Waals surface area contributed by atoms with E-state index in [1.165, 1.54) is 0 Å². The summed E-state index contributed by atoms with van der Waals surface area (Å²) in [5.41, 5.74) is 4.16. The van der Waals surface area contributed by atoms with E-state index < -0.39 is 6.61 Å². The zero-order valence-corrected chi connectivity index (χ0v) is 17.2. The monoisotopic (exact) mass is 467 g/mol. The van der Waals surface area contributed by atoms with Crippen LogP contribution in [0.2, 0.25) is 0 Å². The SMILES string of the molecule is FC(F)Oc1ccccc1[C@H]1C=C(c2cccc(Br)c2)Nc2nc3ccccc3n21. The molecule has 4 aromatic rings.